The summed E-state index contributed by atoms with van der Waals surface area (Å²) in [5, 5.41) is 4.21. The minimum Gasteiger partial charge on any atom is -0.452 e. The summed E-state index contributed by atoms with van der Waals surface area (Å²) in [6.45, 7) is 4.37. The van der Waals surface area contributed by atoms with Gasteiger partial charge in [0.2, 0.25) is 0 Å². The average Bonchev–Trinajstić information content (AvgIpc) is 3.84. The Balaban J connectivity index is 1.14. The van der Waals surface area contributed by atoms with E-state index < -0.39 is 0 Å². The Morgan fingerprint density at radius 3 is 1.69 bits per heavy atom. The lowest BCUT2D eigenvalue weighted by Crippen LogP contribution is -1.88. The molecule has 280 valence electrons. The SMILES string of the molecule is CC/C=C\C(=C/CC)c1cc(-c2ccccc2)cc(-c2ccc3c(c2)oc2c3ccc3c4ccc(C5=C/C=C\C=C/C=C/C=C/C(c6ccccc6)=C\5)cc4oc32)c1. The van der Waals surface area contributed by atoms with Gasteiger partial charge in [-0.2, -0.15) is 0 Å². The highest BCUT2D eigenvalue weighted by atomic mass is 16.4. The normalized spacial score (nSPS) is 17.8. The highest BCUT2D eigenvalue weighted by Gasteiger charge is 2.18. The summed E-state index contributed by atoms with van der Waals surface area (Å²) in [7, 11) is 0. The van der Waals surface area contributed by atoms with E-state index in [9.17, 15) is 0 Å². The molecule has 6 aromatic carbocycles. The van der Waals surface area contributed by atoms with Crippen LogP contribution < -0.4 is 0 Å². The molecule has 0 spiro atoms. The number of hydrogen-bond acceptors (Lipinski definition) is 2. The van der Waals surface area contributed by atoms with Crippen molar-refractivity contribution in [2.75, 3.05) is 0 Å². The molecule has 0 N–H and O–H groups in total. The Hall–Kier alpha value is -7.16. The molecule has 0 bridgehead atoms. The van der Waals surface area contributed by atoms with Crippen LogP contribution in [0.15, 0.2) is 215 Å². The van der Waals surface area contributed by atoms with Gasteiger partial charge in [-0.25, -0.2) is 0 Å². The largest absolute Gasteiger partial charge is 0.452 e. The average molecular weight is 749 g/mol. The third-order valence-electron chi connectivity index (χ3n) is 10.7. The van der Waals surface area contributed by atoms with E-state index in [1.807, 2.05) is 18.2 Å². The number of fused-ring (bicyclic) bond motifs is 7. The Labute approximate surface area is 340 Å². The fourth-order valence-corrected chi connectivity index (χ4v) is 7.82. The molecule has 2 heteroatoms. The van der Waals surface area contributed by atoms with Gasteiger partial charge in [0.25, 0.3) is 0 Å². The van der Waals surface area contributed by atoms with Gasteiger partial charge in [0.1, 0.15) is 11.2 Å². The minimum atomic E-state index is 0.765. The van der Waals surface area contributed by atoms with Gasteiger partial charge in [0.05, 0.1) is 0 Å². The van der Waals surface area contributed by atoms with Crippen LogP contribution in [-0.2, 0) is 0 Å². The van der Waals surface area contributed by atoms with Crippen molar-refractivity contribution in [3.63, 3.8) is 0 Å². The molecule has 58 heavy (non-hydrogen) atoms. The van der Waals surface area contributed by atoms with E-state index in [1.54, 1.807) is 0 Å². The molecule has 0 atom stereocenters. The van der Waals surface area contributed by atoms with Crippen LogP contribution in [0.1, 0.15) is 43.4 Å². The molecule has 2 nitrogen and oxygen atoms in total. The second-order valence-electron chi connectivity index (χ2n) is 14.6. The van der Waals surface area contributed by atoms with Crippen molar-refractivity contribution in [1.82, 2.24) is 0 Å². The predicted octanol–water partition coefficient (Wildman–Crippen LogP) is 16.3. The maximum Gasteiger partial charge on any atom is 0.178 e. The molecule has 1 aliphatic carbocycles. The second-order valence-corrected chi connectivity index (χ2v) is 14.6. The number of hydrogen-bond donors (Lipinski definition) is 0. The maximum atomic E-state index is 6.76. The van der Waals surface area contributed by atoms with E-state index in [2.05, 4.69) is 202 Å². The molecule has 0 unspecified atom stereocenters. The minimum absolute atomic E-state index is 0.765. The first-order valence-electron chi connectivity index (χ1n) is 20.2. The molecule has 9 rings (SSSR count). The number of rotatable bonds is 8. The molecule has 0 aliphatic heterocycles. The molecule has 2 aromatic heterocycles. The number of furan rings is 2. The first-order chi connectivity index (χ1) is 28.7. The summed E-state index contributed by atoms with van der Waals surface area (Å²) >= 11 is 0. The van der Waals surface area contributed by atoms with Gasteiger partial charge < -0.3 is 8.83 Å². The number of allylic oxidation sites excluding steroid dienone is 16. The molecule has 2 heterocycles. The van der Waals surface area contributed by atoms with Gasteiger partial charge in [0.15, 0.2) is 11.2 Å². The van der Waals surface area contributed by atoms with Crippen LogP contribution in [0, 0.1) is 0 Å². The van der Waals surface area contributed by atoms with Crippen LogP contribution in [0.2, 0.25) is 0 Å². The quantitative estimate of drug-likeness (QED) is 0.145. The number of benzene rings is 6. The van der Waals surface area contributed by atoms with E-state index >= 15 is 0 Å². The summed E-state index contributed by atoms with van der Waals surface area (Å²) in [4.78, 5) is 0. The van der Waals surface area contributed by atoms with Crippen molar-refractivity contribution in [3.05, 3.63) is 223 Å². The van der Waals surface area contributed by atoms with Crippen LogP contribution >= 0.6 is 0 Å². The molecule has 0 amide bonds. The van der Waals surface area contributed by atoms with Gasteiger partial charge in [-0.05, 0) is 129 Å². The van der Waals surface area contributed by atoms with E-state index in [-0.39, 0.29) is 0 Å². The van der Waals surface area contributed by atoms with Crippen molar-refractivity contribution < 1.29 is 8.83 Å². The molecule has 0 fully saturated rings. The van der Waals surface area contributed by atoms with Gasteiger partial charge in [-0.1, -0.05) is 160 Å². The van der Waals surface area contributed by atoms with Crippen molar-refractivity contribution in [2.24, 2.45) is 0 Å². The van der Waals surface area contributed by atoms with Crippen molar-refractivity contribution in [1.29, 1.82) is 0 Å². The lowest BCUT2D eigenvalue weighted by atomic mass is 9.92. The highest BCUT2D eigenvalue weighted by Crippen LogP contribution is 2.41. The van der Waals surface area contributed by atoms with Gasteiger partial charge in [-0.3, -0.25) is 0 Å². The smallest absolute Gasteiger partial charge is 0.178 e. The first-order valence-corrected chi connectivity index (χ1v) is 20.2. The van der Waals surface area contributed by atoms with Crippen LogP contribution in [0.3, 0.4) is 0 Å². The summed E-state index contributed by atoms with van der Waals surface area (Å²) < 4.78 is 13.5. The maximum absolute atomic E-state index is 6.76. The lowest BCUT2D eigenvalue weighted by molar-refractivity contribution is 0.633. The van der Waals surface area contributed by atoms with Crippen molar-refractivity contribution >= 4 is 60.6 Å². The monoisotopic (exact) mass is 748 g/mol. The van der Waals surface area contributed by atoms with Crippen LogP contribution in [-0.4, -0.2) is 0 Å². The zero-order valence-electron chi connectivity index (χ0n) is 32.9. The third-order valence-corrected chi connectivity index (χ3v) is 10.7. The van der Waals surface area contributed by atoms with E-state index in [4.69, 9.17) is 8.83 Å². The second kappa shape index (κ2) is 16.5. The Bertz CT molecular complexity index is 3040. The van der Waals surface area contributed by atoms with Crippen molar-refractivity contribution in [3.8, 4) is 22.3 Å². The van der Waals surface area contributed by atoms with Crippen molar-refractivity contribution in [2.45, 2.75) is 26.7 Å². The first kappa shape index (κ1) is 36.5. The van der Waals surface area contributed by atoms with E-state index in [0.29, 0.717) is 0 Å². The van der Waals surface area contributed by atoms with Gasteiger partial charge in [-0.15, -0.1) is 0 Å². The summed E-state index contributed by atoms with van der Waals surface area (Å²) in [5.74, 6) is 0. The Kier molecular flexibility index (Phi) is 10.4. The molecule has 0 saturated heterocycles. The van der Waals surface area contributed by atoms with Gasteiger partial charge in [0, 0.05) is 21.5 Å². The Morgan fingerprint density at radius 2 is 1.03 bits per heavy atom. The van der Waals surface area contributed by atoms with Crippen LogP contribution in [0.4, 0.5) is 0 Å². The molecule has 0 radical (unpaired) electrons. The zero-order valence-corrected chi connectivity index (χ0v) is 32.9. The molecular weight excluding hydrogens is 705 g/mol. The molecule has 8 aromatic rings. The topological polar surface area (TPSA) is 26.3 Å². The summed E-state index contributed by atoms with van der Waals surface area (Å²) in [6.07, 6.45) is 29.7. The third kappa shape index (κ3) is 7.41. The fourth-order valence-electron chi connectivity index (χ4n) is 7.82. The van der Waals surface area contributed by atoms with Crippen LogP contribution in [0.25, 0.3) is 82.9 Å². The zero-order chi connectivity index (χ0) is 39.3. The lowest BCUT2D eigenvalue weighted by Gasteiger charge is -2.12. The van der Waals surface area contributed by atoms with Crippen LogP contribution in [0.5, 0.6) is 0 Å². The molecule has 0 saturated carbocycles. The molecule has 1 aliphatic rings. The predicted molar refractivity (Wildman–Crippen MR) is 249 cm³/mol. The summed E-state index contributed by atoms with van der Waals surface area (Å²) in [6, 6.07) is 45.5. The summed E-state index contributed by atoms with van der Waals surface area (Å²) in [5.41, 5.74) is 14.7. The fraction of sp³-hybridized carbons (Fsp3) is 0.0714. The van der Waals surface area contributed by atoms with E-state index in [0.717, 1.165) is 90.1 Å². The Morgan fingerprint density at radius 1 is 0.466 bits per heavy atom. The van der Waals surface area contributed by atoms with E-state index in [1.165, 1.54) is 22.3 Å². The van der Waals surface area contributed by atoms with Gasteiger partial charge >= 0.3 is 0 Å². The highest BCUT2D eigenvalue weighted by molar-refractivity contribution is 6.19. The standard InChI is InChI=1S/C56H44O2/c1-3-5-20-39(19-4-2)46-34-47(41-23-17-12-18-24-41)36-48(35-46)45-28-30-50-52-32-31-51-49-29-27-44(37-53(49)57-55(51)56(52)58-54(50)38-45)43-26-14-10-8-6-7-9-13-25-42(33-43)40-21-15-11-16-22-40/h5-38H,3-4H2,1-2H3/b7-6?,8-6-,9-7+,10-8?,13-9?,14-10-,20-5-,25-13+,26-14?,39-19+,42-25?,42-33+,43-26+,43-33?. The molecular formula is C56H44O2.